The zero-order chi connectivity index (χ0) is 22.8. The first-order valence-corrected chi connectivity index (χ1v) is 12.2. The summed E-state index contributed by atoms with van der Waals surface area (Å²) in [6, 6.07) is 17.0. The van der Waals surface area contributed by atoms with Crippen LogP contribution in [0.1, 0.15) is 30.1 Å². The van der Waals surface area contributed by atoms with Crippen LogP contribution in [-0.4, -0.2) is 45.7 Å². The van der Waals surface area contributed by atoms with E-state index in [1.165, 1.54) is 12.3 Å². The third kappa shape index (κ3) is 7.32. The third-order valence-corrected chi connectivity index (χ3v) is 6.03. The Morgan fingerprint density at radius 1 is 1.06 bits per heavy atom. The number of hydrogen-bond acceptors (Lipinski definition) is 6. The second-order valence-electron chi connectivity index (χ2n) is 7.61. The number of aromatic nitrogens is 1. The standard InChI is InChI=1S/C25H30N2O4S/c1-32(30)25-14-21(9-10-23(25)28)24(29)17-26-11-5-6-12-31-18-19-13-22(16-27-15-19)20-7-3-2-4-8-20/h2-4,7-10,13-16,24,26,28-29H,5-6,11-12,17-18H2,1H3. The highest BCUT2D eigenvalue weighted by atomic mass is 32.2. The van der Waals surface area contributed by atoms with Crippen LogP contribution in [0.4, 0.5) is 0 Å². The van der Waals surface area contributed by atoms with Gasteiger partial charge in [0, 0.05) is 37.2 Å². The van der Waals surface area contributed by atoms with Crippen LogP contribution in [0.5, 0.6) is 5.75 Å². The Balaban J connectivity index is 1.31. The van der Waals surface area contributed by atoms with Crippen molar-refractivity contribution < 1.29 is 19.5 Å². The molecule has 7 heteroatoms. The van der Waals surface area contributed by atoms with Crippen molar-refractivity contribution in [1.82, 2.24) is 10.3 Å². The molecule has 1 heterocycles. The topological polar surface area (TPSA) is 97.7 Å². The predicted octanol–water partition coefficient (Wildman–Crippen LogP) is 3.81. The molecule has 0 fully saturated rings. The van der Waals surface area contributed by atoms with Gasteiger partial charge in [-0.2, -0.15) is 0 Å². The molecule has 0 aliphatic rings. The normalized spacial score (nSPS) is 13.1. The van der Waals surface area contributed by atoms with Crippen LogP contribution in [0.3, 0.4) is 0 Å². The molecule has 3 rings (SSSR count). The SMILES string of the molecule is C[S+]([O-])c1cc(C(O)CNCCCCOCc2cncc(-c3ccccc3)c2)ccc1O. The molecular formula is C25H30N2O4S. The minimum absolute atomic E-state index is 0.0164. The number of hydrogen-bond donors (Lipinski definition) is 3. The summed E-state index contributed by atoms with van der Waals surface area (Å²) in [5.41, 5.74) is 3.91. The highest BCUT2D eigenvalue weighted by molar-refractivity contribution is 7.90. The van der Waals surface area contributed by atoms with Gasteiger partial charge in [0.15, 0.2) is 10.6 Å². The smallest absolute Gasteiger partial charge is 0.194 e. The molecule has 3 N–H and O–H groups in total. The van der Waals surface area contributed by atoms with Gasteiger partial charge >= 0.3 is 0 Å². The van der Waals surface area contributed by atoms with Gasteiger partial charge < -0.3 is 24.8 Å². The van der Waals surface area contributed by atoms with Crippen LogP contribution in [0.25, 0.3) is 11.1 Å². The van der Waals surface area contributed by atoms with E-state index >= 15 is 0 Å². The maximum atomic E-state index is 11.6. The van der Waals surface area contributed by atoms with Crippen LogP contribution in [-0.2, 0) is 22.5 Å². The van der Waals surface area contributed by atoms with Gasteiger partial charge in [-0.25, -0.2) is 0 Å². The Morgan fingerprint density at radius 2 is 1.88 bits per heavy atom. The van der Waals surface area contributed by atoms with E-state index in [0.29, 0.717) is 30.2 Å². The summed E-state index contributed by atoms with van der Waals surface area (Å²) >= 11 is -1.30. The van der Waals surface area contributed by atoms with Crippen molar-refractivity contribution in [2.75, 3.05) is 26.0 Å². The van der Waals surface area contributed by atoms with Crippen molar-refractivity contribution >= 4 is 11.2 Å². The summed E-state index contributed by atoms with van der Waals surface area (Å²) in [7, 11) is 0. The van der Waals surface area contributed by atoms with Gasteiger partial charge in [0.25, 0.3) is 0 Å². The Labute approximate surface area is 192 Å². The number of phenolic OH excluding ortho intramolecular Hbond substituents is 1. The molecule has 0 amide bonds. The van der Waals surface area contributed by atoms with Crippen molar-refractivity contribution in [3.63, 3.8) is 0 Å². The first-order valence-electron chi connectivity index (χ1n) is 10.7. The number of phenols is 1. The number of benzene rings is 2. The van der Waals surface area contributed by atoms with Gasteiger partial charge in [0.1, 0.15) is 6.26 Å². The highest BCUT2D eigenvalue weighted by Crippen LogP contribution is 2.26. The lowest BCUT2D eigenvalue weighted by Gasteiger charge is -2.14. The van der Waals surface area contributed by atoms with E-state index in [2.05, 4.69) is 28.5 Å². The van der Waals surface area contributed by atoms with Crippen molar-refractivity contribution in [2.45, 2.75) is 30.4 Å². The predicted molar refractivity (Wildman–Crippen MR) is 127 cm³/mol. The lowest BCUT2D eigenvalue weighted by molar-refractivity contribution is 0.116. The van der Waals surface area contributed by atoms with Gasteiger partial charge in [0.05, 0.1) is 12.7 Å². The first-order chi connectivity index (χ1) is 15.5. The Bertz CT molecular complexity index is 969. The zero-order valence-electron chi connectivity index (χ0n) is 18.2. The van der Waals surface area contributed by atoms with E-state index < -0.39 is 17.3 Å². The first kappa shape index (κ1) is 24.2. The van der Waals surface area contributed by atoms with Crippen LogP contribution < -0.4 is 5.32 Å². The molecule has 6 nitrogen and oxygen atoms in total. The number of aliphatic hydroxyl groups excluding tert-OH is 1. The molecule has 1 aromatic heterocycles. The van der Waals surface area contributed by atoms with Gasteiger partial charge in [-0.3, -0.25) is 4.98 Å². The fraction of sp³-hybridized carbons (Fsp3) is 0.320. The Kier molecular flexibility index (Phi) is 9.52. The molecule has 2 unspecified atom stereocenters. The van der Waals surface area contributed by atoms with Crippen molar-refractivity contribution in [3.8, 4) is 16.9 Å². The average molecular weight is 455 g/mol. The second-order valence-corrected chi connectivity index (χ2v) is 8.96. The van der Waals surface area contributed by atoms with Crippen LogP contribution in [0.2, 0.25) is 0 Å². The largest absolute Gasteiger partial charge is 0.612 e. The Morgan fingerprint density at radius 3 is 2.66 bits per heavy atom. The van der Waals surface area contributed by atoms with Gasteiger partial charge in [0.2, 0.25) is 0 Å². The van der Waals surface area contributed by atoms with E-state index in [9.17, 15) is 14.8 Å². The van der Waals surface area contributed by atoms with Crippen LogP contribution in [0.15, 0.2) is 71.9 Å². The molecule has 0 aliphatic carbocycles. The fourth-order valence-electron chi connectivity index (χ4n) is 3.32. The molecule has 0 bridgehead atoms. The average Bonchev–Trinajstić information content (AvgIpc) is 2.81. The van der Waals surface area contributed by atoms with E-state index in [0.717, 1.165) is 36.1 Å². The lowest BCUT2D eigenvalue weighted by Crippen LogP contribution is -2.23. The molecular weight excluding hydrogens is 424 g/mol. The van der Waals surface area contributed by atoms with E-state index in [1.807, 2.05) is 30.6 Å². The quantitative estimate of drug-likeness (QED) is 0.284. The molecule has 32 heavy (non-hydrogen) atoms. The maximum absolute atomic E-state index is 11.6. The number of pyridine rings is 1. The summed E-state index contributed by atoms with van der Waals surface area (Å²) in [6.45, 7) is 2.33. The monoisotopic (exact) mass is 454 g/mol. The third-order valence-electron chi connectivity index (χ3n) is 5.08. The minimum Gasteiger partial charge on any atom is -0.612 e. The van der Waals surface area contributed by atoms with Crippen LogP contribution in [0, 0.1) is 0 Å². The highest BCUT2D eigenvalue weighted by Gasteiger charge is 2.15. The van der Waals surface area contributed by atoms with E-state index in [-0.39, 0.29) is 5.75 Å². The van der Waals surface area contributed by atoms with Crippen molar-refractivity contribution in [1.29, 1.82) is 0 Å². The van der Waals surface area contributed by atoms with E-state index in [1.54, 1.807) is 12.1 Å². The number of aromatic hydroxyl groups is 1. The number of rotatable bonds is 12. The van der Waals surface area contributed by atoms with Crippen molar-refractivity contribution in [3.05, 3.63) is 78.1 Å². The molecule has 0 aliphatic heterocycles. The van der Waals surface area contributed by atoms with Gasteiger partial charge in [-0.15, -0.1) is 0 Å². The maximum Gasteiger partial charge on any atom is 0.194 e. The molecule has 170 valence electrons. The number of aliphatic hydroxyl groups is 1. The zero-order valence-corrected chi connectivity index (χ0v) is 19.1. The summed E-state index contributed by atoms with van der Waals surface area (Å²) in [5.74, 6) is -0.0164. The second kappa shape index (κ2) is 12.6. The molecule has 0 saturated carbocycles. The van der Waals surface area contributed by atoms with E-state index in [4.69, 9.17) is 4.74 Å². The molecule has 0 saturated heterocycles. The number of ether oxygens (including phenoxy) is 1. The van der Waals surface area contributed by atoms with Gasteiger partial charge in [-0.05, 0) is 59.4 Å². The summed E-state index contributed by atoms with van der Waals surface area (Å²) in [6.07, 6.45) is 6.31. The number of nitrogens with one attached hydrogen (secondary N) is 1. The molecule has 2 aromatic carbocycles. The number of nitrogens with zero attached hydrogens (tertiary/aromatic N) is 1. The molecule has 3 aromatic rings. The summed E-state index contributed by atoms with van der Waals surface area (Å²) in [5, 5.41) is 23.3. The summed E-state index contributed by atoms with van der Waals surface area (Å²) in [4.78, 5) is 4.65. The van der Waals surface area contributed by atoms with Gasteiger partial charge in [-0.1, -0.05) is 36.4 Å². The summed E-state index contributed by atoms with van der Waals surface area (Å²) < 4.78 is 17.4. The molecule has 0 radical (unpaired) electrons. The van der Waals surface area contributed by atoms with Crippen molar-refractivity contribution in [2.24, 2.45) is 0 Å². The fourth-order valence-corrected chi connectivity index (χ4v) is 3.99. The molecule has 2 atom stereocenters. The minimum atomic E-state index is -1.30. The number of unbranched alkanes of at least 4 members (excludes halogenated alkanes) is 1. The Hall–Kier alpha value is -2.42. The lowest BCUT2D eigenvalue weighted by atomic mass is 10.1. The van der Waals surface area contributed by atoms with Crippen LogP contribution >= 0.6 is 0 Å². The molecule has 0 spiro atoms.